The minimum absolute atomic E-state index is 0.351. The number of nitrogens with two attached hydrogens (primary N) is 1. The Hall–Kier alpha value is -1.36. The van der Waals surface area contributed by atoms with Gasteiger partial charge in [-0.25, -0.2) is 9.97 Å². The molecule has 0 saturated carbocycles. The van der Waals surface area contributed by atoms with Gasteiger partial charge in [0.15, 0.2) is 0 Å². The van der Waals surface area contributed by atoms with E-state index in [9.17, 15) is 5.11 Å². The zero-order valence-corrected chi connectivity index (χ0v) is 7.57. The van der Waals surface area contributed by atoms with E-state index in [4.69, 9.17) is 5.73 Å². The molecule has 0 bridgehead atoms. The smallest absolute Gasteiger partial charge is 0.131 e. The Labute approximate surface area is 77.0 Å². The van der Waals surface area contributed by atoms with Crippen molar-refractivity contribution in [1.29, 1.82) is 0 Å². The molecule has 1 heterocycles. The van der Waals surface area contributed by atoms with Crippen LogP contribution in [0.5, 0.6) is 0 Å². The van der Waals surface area contributed by atoms with Crippen LogP contribution in [-0.4, -0.2) is 27.7 Å². The number of nitrogens with zero attached hydrogens (tertiary/aromatic N) is 2. The van der Waals surface area contributed by atoms with E-state index in [1.54, 1.807) is 6.07 Å². The first-order valence-electron chi connectivity index (χ1n) is 4.21. The third kappa shape index (κ3) is 3.25. The molecule has 1 unspecified atom stereocenters. The first-order chi connectivity index (χ1) is 6.22. The van der Waals surface area contributed by atoms with Crippen LogP contribution < -0.4 is 11.1 Å². The fourth-order valence-electron chi connectivity index (χ4n) is 0.836. The number of nitrogens with one attached hydrogen (secondary N) is 1. The highest BCUT2D eigenvalue weighted by atomic mass is 16.3. The first-order valence-corrected chi connectivity index (χ1v) is 4.21. The fraction of sp³-hybridized carbons (Fsp3) is 0.500. The normalized spacial score (nSPS) is 12.5. The molecular formula is C8H14N4O. The van der Waals surface area contributed by atoms with Gasteiger partial charge in [-0.3, -0.25) is 0 Å². The number of anilines is 2. The molecule has 0 fully saturated rings. The number of aliphatic hydroxyl groups excluding tert-OH is 1. The molecule has 13 heavy (non-hydrogen) atoms. The van der Waals surface area contributed by atoms with Gasteiger partial charge in [0.05, 0.1) is 6.10 Å². The highest BCUT2D eigenvalue weighted by Gasteiger charge is 2.00. The zero-order chi connectivity index (χ0) is 9.68. The molecule has 0 saturated heterocycles. The predicted octanol–water partition coefficient (Wildman–Crippen LogP) is 0.242. The second kappa shape index (κ2) is 4.61. The van der Waals surface area contributed by atoms with Gasteiger partial charge in [0, 0.05) is 12.6 Å². The van der Waals surface area contributed by atoms with Gasteiger partial charge in [0.2, 0.25) is 0 Å². The molecule has 1 atom stereocenters. The molecule has 0 aliphatic rings. The van der Waals surface area contributed by atoms with Crippen LogP contribution in [0, 0.1) is 0 Å². The van der Waals surface area contributed by atoms with E-state index in [0.29, 0.717) is 24.6 Å². The average molecular weight is 182 g/mol. The Bertz CT molecular complexity index is 266. The number of nitrogen functional groups attached to an aromatic ring is 1. The summed E-state index contributed by atoms with van der Waals surface area (Å²) in [4.78, 5) is 7.68. The Morgan fingerprint density at radius 2 is 2.38 bits per heavy atom. The number of aromatic nitrogens is 2. The summed E-state index contributed by atoms with van der Waals surface area (Å²) in [6, 6.07) is 1.63. The van der Waals surface area contributed by atoms with Crippen LogP contribution in [0.4, 0.5) is 11.6 Å². The van der Waals surface area contributed by atoms with E-state index in [0.717, 1.165) is 0 Å². The molecule has 0 aromatic carbocycles. The van der Waals surface area contributed by atoms with Gasteiger partial charge >= 0.3 is 0 Å². The molecule has 5 heteroatoms. The van der Waals surface area contributed by atoms with Crippen molar-refractivity contribution < 1.29 is 5.11 Å². The number of rotatable bonds is 4. The summed E-state index contributed by atoms with van der Waals surface area (Å²) in [6.45, 7) is 2.40. The third-order valence-electron chi connectivity index (χ3n) is 1.68. The Balaban J connectivity index is 2.45. The van der Waals surface area contributed by atoms with Gasteiger partial charge in [0.1, 0.15) is 18.0 Å². The third-order valence-corrected chi connectivity index (χ3v) is 1.68. The summed E-state index contributed by atoms with van der Waals surface area (Å²) >= 11 is 0. The summed E-state index contributed by atoms with van der Waals surface area (Å²) in [5.74, 6) is 1.06. The molecule has 0 aliphatic heterocycles. The summed E-state index contributed by atoms with van der Waals surface area (Å²) in [6.07, 6.45) is 1.75. The number of hydrogen-bond acceptors (Lipinski definition) is 5. The first kappa shape index (κ1) is 9.73. The maximum absolute atomic E-state index is 9.25. The molecule has 0 aliphatic carbocycles. The zero-order valence-electron chi connectivity index (χ0n) is 7.57. The molecule has 1 aromatic heterocycles. The summed E-state index contributed by atoms with van der Waals surface area (Å²) in [5, 5.41) is 12.2. The minimum atomic E-state index is -0.351. The van der Waals surface area contributed by atoms with E-state index in [1.807, 2.05) is 6.92 Å². The lowest BCUT2D eigenvalue weighted by atomic mass is 10.3. The van der Waals surface area contributed by atoms with Gasteiger partial charge in [-0.05, 0) is 6.42 Å². The fourth-order valence-corrected chi connectivity index (χ4v) is 0.836. The molecule has 1 aromatic rings. The minimum Gasteiger partial charge on any atom is -0.391 e. The predicted molar refractivity (Wildman–Crippen MR) is 51.2 cm³/mol. The van der Waals surface area contributed by atoms with Gasteiger partial charge < -0.3 is 16.2 Å². The molecule has 1 rings (SSSR count). The molecular weight excluding hydrogens is 168 g/mol. The summed E-state index contributed by atoms with van der Waals surface area (Å²) in [7, 11) is 0. The average Bonchev–Trinajstić information content (AvgIpc) is 2.14. The van der Waals surface area contributed by atoms with Crippen molar-refractivity contribution >= 4 is 11.6 Å². The van der Waals surface area contributed by atoms with Gasteiger partial charge in [-0.1, -0.05) is 6.92 Å². The number of hydrogen-bond donors (Lipinski definition) is 3. The topological polar surface area (TPSA) is 84.1 Å². The van der Waals surface area contributed by atoms with E-state index in [-0.39, 0.29) is 6.10 Å². The SMILES string of the molecule is CCC(O)CNc1cc(N)ncn1. The van der Waals surface area contributed by atoms with Gasteiger partial charge in [0.25, 0.3) is 0 Å². The summed E-state index contributed by atoms with van der Waals surface area (Å²) in [5.41, 5.74) is 5.44. The largest absolute Gasteiger partial charge is 0.391 e. The van der Waals surface area contributed by atoms with Crippen LogP contribution in [-0.2, 0) is 0 Å². The van der Waals surface area contributed by atoms with Crippen LogP contribution in [0.15, 0.2) is 12.4 Å². The van der Waals surface area contributed by atoms with E-state index >= 15 is 0 Å². The lowest BCUT2D eigenvalue weighted by Gasteiger charge is -2.09. The van der Waals surface area contributed by atoms with Gasteiger partial charge in [-0.2, -0.15) is 0 Å². The quantitative estimate of drug-likeness (QED) is 0.621. The van der Waals surface area contributed by atoms with E-state index in [2.05, 4.69) is 15.3 Å². The highest BCUT2D eigenvalue weighted by molar-refractivity contribution is 5.43. The van der Waals surface area contributed by atoms with Crippen LogP contribution in [0.3, 0.4) is 0 Å². The molecule has 0 spiro atoms. The Kier molecular flexibility index (Phi) is 3.45. The van der Waals surface area contributed by atoms with Crippen molar-refractivity contribution in [3.05, 3.63) is 12.4 Å². The number of aliphatic hydroxyl groups is 1. The molecule has 4 N–H and O–H groups in total. The van der Waals surface area contributed by atoms with Crippen molar-refractivity contribution in [2.45, 2.75) is 19.4 Å². The molecule has 0 amide bonds. The molecule has 5 nitrogen and oxygen atoms in total. The van der Waals surface area contributed by atoms with E-state index < -0.39 is 0 Å². The van der Waals surface area contributed by atoms with E-state index in [1.165, 1.54) is 6.33 Å². The van der Waals surface area contributed by atoms with Crippen molar-refractivity contribution in [3.63, 3.8) is 0 Å². The van der Waals surface area contributed by atoms with Crippen molar-refractivity contribution in [1.82, 2.24) is 9.97 Å². The maximum atomic E-state index is 9.25. The van der Waals surface area contributed by atoms with Crippen LogP contribution >= 0.6 is 0 Å². The summed E-state index contributed by atoms with van der Waals surface area (Å²) < 4.78 is 0. The standard InChI is InChI=1S/C8H14N4O/c1-2-6(13)4-10-8-3-7(9)11-5-12-8/h3,5-6,13H,2,4H2,1H3,(H3,9,10,11,12). The van der Waals surface area contributed by atoms with Crippen molar-refractivity contribution in [2.75, 3.05) is 17.6 Å². The monoisotopic (exact) mass is 182 g/mol. The molecule has 0 radical (unpaired) electrons. The highest BCUT2D eigenvalue weighted by Crippen LogP contribution is 2.04. The van der Waals surface area contributed by atoms with Gasteiger partial charge in [-0.15, -0.1) is 0 Å². The second-order valence-electron chi connectivity index (χ2n) is 2.77. The lowest BCUT2D eigenvalue weighted by Crippen LogP contribution is -2.18. The van der Waals surface area contributed by atoms with Crippen molar-refractivity contribution in [3.8, 4) is 0 Å². The molecule has 72 valence electrons. The maximum Gasteiger partial charge on any atom is 0.131 e. The van der Waals surface area contributed by atoms with Crippen LogP contribution in [0.1, 0.15) is 13.3 Å². The van der Waals surface area contributed by atoms with Crippen LogP contribution in [0.25, 0.3) is 0 Å². The van der Waals surface area contributed by atoms with Crippen LogP contribution in [0.2, 0.25) is 0 Å². The second-order valence-corrected chi connectivity index (χ2v) is 2.77. The lowest BCUT2D eigenvalue weighted by molar-refractivity contribution is 0.183. The Morgan fingerprint density at radius 1 is 1.62 bits per heavy atom. The van der Waals surface area contributed by atoms with Crippen molar-refractivity contribution in [2.24, 2.45) is 0 Å². The Morgan fingerprint density at radius 3 is 3.00 bits per heavy atom.